The Labute approximate surface area is 71.2 Å². The van der Waals surface area contributed by atoms with Gasteiger partial charge in [0, 0.05) is 6.42 Å². The summed E-state index contributed by atoms with van der Waals surface area (Å²) in [6.07, 6.45) is -9.06. The summed E-state index contributed by atoms with van der Waals surface area (Å²) in [4.78, 5) is 10.0. The maximum atomic E-state index is 12.2. The SMILES string of the molecule is NC(=O)CC(N)C(F)C(F)(F)F.O. The molecule has 0 aliphatic carbocycles. The molecule has 0 aliphatic rings. The van der Waals surface area contributed by atoms with Crippen molar-refractivity contribution in [2.24, 2.45) is 11.5 Å². The van der Waals surface area contributed by atoms with Crippen LogP contribution in [-0.2, 0) is 4.79 Å². The number of carbonyl (C=O) groups is 1. The third-order valence-corrected chi connectivity index (χ3v) is 1.13. The number of nitrogens with two attached hydrogens (primary N) is 2. The summed E-state index contributed by atoms with van der Waals surface area (Å²) in [5.74, 6) is -1.06. The van der Waals surface area contributed by atoms with E-state index in [2.05, 4.69) is 5.73 Å². The fraction of sp³-hybridized carbons (Fsp3) is 0.800. The minimum Gasteiger partial charge on any atom is -0.412 e. The average Bonchev–Trinajstić information content (AvgIpc) is 1.82. The van der Waals surface area contributed by atoms with Crippen LogP contribution in [0.15, 0.2) is 0 Å². The molecule has 6 N–H and O–H groups in total. The molecule has 0 spiro atoms. The minimum atomic E-state index is -5.03. The molecule has 2 unspecified atom stereocenters. The number of carbonyl (C=O) groups excluding carboxylic acids is 1. The van der Waals surface area contributed by atoms with Gasteiger partial charge in [0.05, 0.1) is 6.04 Å². The number of hydrogen-bond acceptors (Lipinski definition) is 2. The summed E-state index contributed by atoms with van der Waals surface area (Å²) in [6.45, 7) is 0. The van der Waals surface area contributed by atoms with Crippen LogP contribution in [0.3, 0.4) is 0 Å². The Morgan fingerprint density at radius 1 is 1.38 bits per heavy atom. The van der Waals surface area contributed by atoms with Crippen molar-refractivity contribution >= 4 is 5.91 Å². The third-order valence-electron chi connectivity index (χ3n) is 1.13. The molecule has 0 aliphatic heterocycles. The Balaban J connectivity index is 0. The molecule has 0 bridgehead atoms. The maximum Gasteiger partial charge on any atom is 0.421 e. The standard InChI is InChI=1S/C5H8F4N2O.H2O/c6-4(5(7,8)9)2(10)1-3(11)12;/h2,4H,1,10H2,(H2,11,12);1H2. The normalized spacial score (nSPS) is 15.8. The first-order chi connectivity index (χ1) is 5.25. The summed E-state index contributed by atoms with van der Waals surface area (Å²) in [5.41, 5.74) is 9.23. The predicted molar refractivity (Wildman–Crippen MR) is 36.4 cm³/mol. The first-order valence-electron chi connectivity index (χ1n) is 3.00. The van der Waals surface area contributed by atoms with Crippen molar-refractivity contribution in [2.75, 3.05) is 0 Å². The summed E-state index contributed by atoms with van der Waals surface area (Å²) >= 11 is 0. The van der Waals surface area contributed by atoms with Crippen LogP contribution in [-0.4, -0.2) is 29.8 Å². The third kappa shape index (κ3) is 5.36. The number of amides is 1. The van der Waals surface area contributed by atoms with E-state index in [1.807, 2.05) is 0 Å². The van der Waals surface area contributed by atoms with Gasteiger partial charge in [-0.05, 0) is 0 Å². The Morgan fingerprint density at radius 2 is 1.77 bits per heavy atom. The van der Waals surface area contributed by atoms with E-state index >= 15 is 0 Å². The van der Waals surface area contributed by atoms with Gasteiger partial charge in [0.15, 0.2) is 0 Å². The second kappa shape index (κ2) is 4.97. The molecule has 1 amide bonds. The molecule has 0 aromatic carbocycles. The zero-order chi connectivity index (χ0) is 9.94. The highest BCUT2D eigenvalue weighted by molar-refractivity contribution is 5.74. The maximum absolute atomic E-state index is 12.2. The van der Waals surface area contributed by atoms with Crippen LogP contribution in [0, 0.1) is 0 Å². The van der Waals surface area contributed by atoms with Crippen molar-refractivity contribution in [1.29, 1.82) is 0 Å². The molecule has 13 heavy (non-hydrogen) atoms. The van der Waals surface area contributed by atoms with Crippen molar-refractivity contribution in [2.45, 2.75) is 24.8 Å². The lowest BCUT2D eigenvalue weighted by Crippen LogP contribution is -2.44. The molecular formula is C5H10F4N2O2. The Hall–Kier alpha value is -0.890. The molecule has 0 fully saturated rings. The van der Waals surface area contributed by atoms with E-state index in [1.165, 1.54) is 0 Å². The monoisotopic (exact) mass is 206 g/mol. The van der Waals surface area contributed by atoms with Gasteiger partial charge in [0.2, 0.25) is 12.1 Å². The molecule has 0 radical (unpaired) electrons. The fourth-order valence-electron chi connectivity index (χ4n) is 0.579. The van der Waals surface area contributed by atoms with Crippen molar-refractivity contribution < 1.29 is 27.8 Å². The largest absolute Gasteiger partial charge is 0.421 e. The van der Waals surface area contributed by atoms with Crippen molar-refractivity contribution in [3.05, 3.63) is 0 Å². The molecule has 0 heterocycles. The van der Waals surface area contributed by atoms with E-state index in [9.17, 15) is 22.4 Å². The summed E-state index contributed by atoms with van der Waals surface area (Å²) in [5, 5.41) is 0. The lowest BCUT2D eigenvalue weighted by atomic mass is 10.1. The highest BCUT2D eigenvalue weighted by Crippen LogP contribution is 2.25. The number of halogens is 4. The van der Waals surface area contributed by atoms with Gasteiger partial charge in [-0.3, -0.25) is 4.79 Å². The van der Waals surface area contributed by atoms with Crippen molar-refractivity contribution in [1.82, 2.24) is 0 Å². The Bertz CT molecular complexity index is 172. The quantitative estimate of drug-likeness (QED) is 0.594. The number of hydrogen-bond donors (Lipinski definition) is 2. The van der Waals surface area contributed by atoms with Gasteiger partial charge in [0.25, 0.3) is 0 Å². The van der Waals surface area contributed by atoms with E-state index in [0.717, 1.165) is 0 Å². The van der Waals surface area contributed by atoms with E-state index < -0.39 is 30.7 Å². The zero-order valence-corrected chi connectivity index (χ0v) is 6.44. The fourth-order valence-corrected chi connectivity index (χ4v) is 0.579. The van der Waals surface area contributed by atoms with E-state index in [4.69, 9.17) is 5.73 Å². The van der Waals surface area contributed by atoms with Crippen LogP contribution in [0.4, 0.5) is 17.6 Å². The Kier molecular flexibility index (Phi) is 5.60. The van der Waals surface area contributed by atoms with Crippen LogP contribution in [0.5, 0.6) is 0 Å². The lowest BCUT2D eigenvalue weighted by molar-refractivity contribution is -0.186. The number of primary amides is 1. The number of alkyl halides is 4. The first-order valence-corrected chi connectivity index (χ1v) is 3.00. The zero-order valence-electron chi connectivity index (χ0n) is 6.44. The molecule has 0 aromatic rings. The van der Waals surface area contributed by atoms with Gasteiger partial charge < -0.3 is 16.9 Å². The molecule has 80 valence electrons. The van der Waals surface area contributed by atoms with E-state index in [-0.39, 0.29) is 5.48 Å². The summed E-state index contributed by atoms with van der Waals surface area (Å²) in [7, 11) is 0. The predicted octanol–water partition coefficient (Wildman–Crippen LogP) is -0.735. The minimum absolute atomic E-state index is 0. The van der Waals surface area contributed by atoms with Gasteiger partial charge in [0.1, 0.15) is 0 Å². The topological polar surface area (TPSA) is 101 Å². The van der Waals surface area contributed by atoms with Gasteiger partial charge in [-0.15, -0.1) is 0 Å². The molecule has 0 rings (SSSR count). The van der Waals surface area contributed by atoms with Crippen LogP contribution in [0.1, 0.15) is 6.42 Å². The van der Waals surface area contributed by atoms with Crippen molar-refractivity contribution in [3.8, 4) is 0 Å². The molecule has 8 heteroatoms. The van der Waals surface area contributed by atoms with Crippen LogP contribution >= 0.6 is 0 Å². The second-order valence-corrected chi connectivity index (χ2v) is 2.28. The van der Waals surface area contributed by atoms with Gasteiger partial charge in [-0.25, -0.2) is 4.39 Å². The van der Waals surface area contributed by atoms with Crippen molar-refractivity contribution in [3.63, 3.8) is 0 Å². The number of rotatable bonds is 3. The first kappa shape index (κ1) is 14.6. The van der Waals surface area contributed by atoms with Crippen LogP contribution in [0.25, 0.3) is 0 Å². The van der Waals surface area contributed by atoms with Gasteiger partial charge >= 0.3 is 6.18 Å². The van der Waals surface area contributed by atoms with Crippen LogP contribution in [0.2, 0.25) is 0 Å². The highest BCUT2D eigenvalue weighted by Gasteiger charge is 2.44. The molecule has 4 nitrogen and oxygen atoms in total. The summed E-state index contributed by atoms with van der Waals surface area (Å²) in [6, 6.07) is -1.91. The molecular weight excluding hydrogens is 196 g/mol. The lowest BCUT2D eigenvalue weighted by Gasteiger charge is -2.17. The Morgan fingerprint density at radius 3 is 2.00 bits per heavy atom. The summed E-state index contributed by atoms with van der Waals surface area (Å²) < 4.78 is 46.8. The van der Waals surface area contributed by atoms with Gasteiger partial charge in [-0.1, -0.05) is 0 Å². The van der Waals surface area contributed by atoms with E-state index in [1.54, 1.807) is 0 Å². The smallest absolute Gasteiger partial charge is 0.412 e. The molecule has 0 saturated heterocycles. The average molecular weight is 206 g/mol. The van der Waals surface area contributed by atoms with Gasteiger partial charge in [-0.2, -0.15) is 13.2 Å². The highest BCUT2D eigenvalue weighted by atomic mass is 19.4. The molecule has 0 saturated carbocycles. The second-order valence-electron chi connectivity index (χ2n) is 2.28. The van der Waals surface area contributed by atoms with Crippen LogP contribution < -0.4 is 11.5 Å². The van der Waals surface area contributed by atoms with E-state index in [0.29, 0.717) is 0 Å². The molecule has 0 aromatic heterocycles. The molecule has 2 atom stereocenters.